The molecule has 0 aliphatic carbocycles. The Kier molecular flexibility index (Phi) is 6.57. The molecule has 0 aliphatic heterocycles. The number of ether oxygens (including phenoxy) is 1. The van der Waals surface area contributed by atoms with Crippen LogP contribution in [0.1, 0.15) is 24.3 Å². The first-order chi connectivity index (χ1) is 10.6. The van der Waals surface area contributed by atoms with Gasteiger partial charge in [0.1, 0.15) is 5.75 Å². The molecule has 0 radical (unpaired) electrons. The Hall–Kier alpha value is -1.21. The summed E-state index contributed by atoms with van der Waals surface area (Å²) in [4.78, 5) is 0. The average Bonchev–Trinajstić information content (AvgIpc) is 2.50. The van der Waals surface area contributed by atoms with Gasteiger partial charge in [0.05, 0.1) is 23.1 Å². The molecule has 2 rings (SSSR count). The molecule has 0 spiro atoms. The van der Waals surface area contributed by atoms with Crippen LogP contribution in [0.5, 0.6) is 5.75 Å². The second kappa shape index (κ2) is 8.43. The largest absolute Gasteiger partial charge is 0.492 e. The summed E-state index contributed by atoms with van der Waals surface area (Å²) in [6.45, 7) is 0.548. The average molecular weight is 399 g/mol. The third-order valence-corrected chi connectivity index (χ3v) is 4.44. The van der Waals surface area contributed by atoms with E-state index in [1.165, 1.54) is 0 Å². The van der Waals surface area contributed by atoms with E-state index in [0.29, 0.717) is 23.1 Å². The molecule has 1 unspecified atom stereocenters. The second-order valence-electron chi connectivity index (χ2n) is 4.77. The molecule has 2 aromatic rings. The van der Waals surface area contributed by atoms with Gasteiger partial charge in [-0.2, -0.15) is 5.26 Å². The summed E-state index contributed by atoms with van der Waals surface area (Å²) in [5.74, 6) is 0.549. The number of nitrogens with zero attached hydrogens (tertiary/aromatic N) is 1. The van der Waals surface area contributed by atoms with Crippen molar-refractivity contribution in [3.8, 4) is 11.8 Å². The van der Waals surface area contributed by atoms with Gasteiger partial charge in [0.2, 0.25) is 0 Å². The summed E-state index contributed by atoms with van der Waals surface area (Å²) in [5, 5.41) is 10.4. The molecule has 5 heteroatoms. The number of hydrogen-bond acceptors (Lipinski definition) is 2. The van der Waals surface area contributed by atoms with E-state index < -0.39 is 0 Å². The zero-order valence-corrected chi connectivity index (χ0v) is 14.8. The Bertz CT molecular complexity index is 685. The van der Waals surface area contributed by atoms with Crippen molar-refractivity contribution in [2.75, 3.05) is 6.61 Å². The van der Waals surface area contributed by atoms with Gasteiger partial charge in [0.25, 0.3) is 0 Å². The van der Waals surface area contributed by atoms with Gasteiger partial charge in [-0.05, 0) is 58.6 Å². The van der Waals surface area contributed by atoms with Crippen LogP contribution < -0.4 is 4.74 Å². The highest BCUT2D eigenvalue weighted by Crippen LogP contribution is 2.30. The molecule has 0 aromatic heterocycles. The lowest BCUT2D eigenvalue weighted by molar-refractivity contribution is 0.303. The SMILES string of the molecule is N#CC(CCCOc1ccccc1Br)c1ccc(Cl)cc1Cl. The molecule has 0 heterocycles. The van der Waals surface area contributed by atoms with Crippen LogP contribution in [0.3, 0.4) is 0 Å². The van der Waals surface area contributed by atoms with Gasteiger partial charge >= 0.3 is 0 Å². The summed E-state index contributed by atoms with van der Waals surface area (Å²) in [7, 11) is 0. The van der Waals surface area contributed by atoms with Gasteiger partial charge in [-0.1, -0.05) is 41.4 Å². The zero-order valence-electron chi connectivity index (χ0n) is 11.7. The van der Waals surface area contributed by atoms with Crippen molar-refractivity contribution in [2.24, 2.45) is 0 Å². The quantitative estimate of drug-likeness (QED) is 0.541. The monoisotopic (exact) mass is 397 g/mol. The smallest absolute Gasteiger partial charge is 0.133 e. The van der Waals surface area contributed by atoms with E-state index >= 15 is 0 Å². The molecule has 2 nitrogen and oxygen atoms in total. The summed E-state index contributed by atoms with van der Waals surface area (Å²) in [6, 6.07) is 15.2. The van der Waals surface area contributed by atoms with Gasteiger partial charge in [-0.15, -0.1) is 0 Å². The standard InChI is InChI=1S/C17H14BrCl2NO/c18-15-5-1-2-6-17(15)22-9-3-4-12(11-21)14-8-7-13(19)10-16(14)20/h1-2,5-8,10,12H,3-4,9H2. The van der Waals surface area contributed by atoms with Crippen molar-refractivity contribution < 1.29 is 4.74 Å². The topological polar surface area (TPSA) is 33.0 Å². The van der Waals surface area contributed by atoms with E-state index in [9.17, 15) is 5.26 Å². The first kappa shape index (κ1) is 17.1. The maximum Gasteiger partial charge on any atom is 0.133 e. The maximum atomic E-state index is 9.34. The Morgan fingerprint density at radius 2 is 1.95 bits per heavy atom. The Morgan fingerprint density at radius 3 is 2.64 bits per heavy atom. The number of rotatable bonds is 6. The third-order valence-electron chi connectivity index (χ3n) is 3.23. The van der Waals surface area contributed by atoms with Crippen molar-refractivity contribution in [1.82, 2.24) is 0 Å². The highest BCUT2D eigenvalue weighted by atomic mass is 79.9. The Balaban J connectivity index is 1.89. The van der Waals surface area contributed by atoms with E-state index in [1.54, 1.807) is 12.1 Å². The van der Waals surface area contributed by atoms with Crippen molar-refractivity contribution in [1.29, 1.82) is 5.26 Å². The molecule has 114 valence electrons. The number of hydrogen-bond donors (Lipinski definition) is 0. The Morgan fingerprint density at radius 1 is 1.18 bits per heavy atom. The number of para-hydroxylation sites is 1. The predicted molar refractivity (Wildman–Crippen MR) is 93.7 cm³/mol. The molecule has 0 N–H and O–H groups in total. The molecule has 0 fully saturated rings. The lowest BCUT2D eigenvalue weighted by Crippen LogP contribution is -2.03. The van der Waals surface area contributed by atoms with Crippen molar-refractivity contribution in [2.45, 2.75) is 18.8 Å². The molecule has 0 saturated heterocycles. The summed E-state index contributed by atoms with van der Waals surface area (Å²) in [5.41, 5.74) is 0.814. The highest BCUT2D eigenvalue weighted by molar-refractivity contribution is 9.10. The fourth-order valence-electron chi connectivity index (χ4n) is 2.11. The van der Waals surface area contributed by atoms with Crippen LogP contribution in [0.15, 0.2) is 46.9 Å². The van der Waals surface area contributed by atoms with E-state index in [2.05, 4.69) is 22.0 Å². The van der Waals surface area contributed by atoms with E-state index in [1.807, 2.05) is 30.3 Å². The van der Waals surface area contributed by atoms with Crippen LogP contribution in [-0.2, 0) is 0 Å². The molecular weight excluding hydrogens is 385 g/mol. The van der Waals surface area contributed by atoms with Crippen molar-refractivity contribution in [3.05, 3.63) is 62.5 Å². The predicted octanol–water partition coefficient (Wildman–Crippen LogP) is 6.22. The van der Waals surface area contributed by atoms with E-state index in [-0.39, 0.29) is 5.92 Å². The number of halogens is 3. The summed E-state index contributed by atoms with van der Waals surface area (Å²) >= 11 is 15.5. The van der Waals surface area contributed by atoms with Crippen LogP contribution in [0.25, 0.3) is 0 Å². The van der Waals surface area contributed by atoms with Gasteiger partial charge < -0.3 is 4.74 Å². The van der Waals surface area contributed by atoms with Gasteiger partial charge in [0, 0.05) is 10.0 Å². The second-order valence-corrected chi connectivity index (χ2v) is 6.47. The van der Waals surface area contributed by atoms with Crippen LogP contribution in [0.2, 0.25) is 10.0 Å². The fraction of sp³-hybridized carbons (Fsp3) is 0.235. The molecule has 0 saturated carbocycles. The molecular formula is C17H14BrCl2NO. The Labute approximate surface area is 148 Å². The van der Waals surface area contributed by atoms with Crippen molar-refractivity contribution in [3.63, 3.8) is 0 Å². The van der Waals surface area contributed by atoms with Crippen LogP contribution >= 0.6 is 39.1 Å². The van der Waals surface area contributed by atoms with Crippen molar-refractivity contribution >= 4 is 39.1 Å². The minimum atomic E-state index is -0.257. The van der Waals surface area contributed by atoms with E-state index in [4.69, 9.17) is 27.9 Å². The lowest BCUT2D eigenvalue weighted by atomic mass is 9.96. The first-order valence-electron chi connectivity index (χ1n) is 6.83. The lowest BCUT2D eigenvalue weighted by Gasteiger charge is -2.12. The van der Waals surface area contributed by atoms with Crippen LogP contribution in [0, 0.1) is 11.3 Å². The summed E-state index contributed by atoms with van der Waals surface area (Å²) in [6.07, 6.45) is 1.45. The first-order valence-corrected chi connectivity index (χ1v) is 8.38. The molecule has 1 atom stereocenters. The normalized spacial score (nSPS) is 11.7. The fourth-order valence-corrected chi connectivity index (χ4v) is 3.04. The van der Waals surface area contributed by atoms with Gasteiger partial charge in [-0.3, -0.25) is 0 Å². The zero-order chi connectivity index (χ0) is 15.9. The third kappa shape index (κ3) is 4.64. The van der Waals surface area contributed by atoms with Crippen LogP contribution in [-0.4, -0.2) is 6.61 Å². The number of nitriles is 1. The van der Waals surface area contributed by atoms with Gasteiger partial charge in [-0.25, -0.2) is 0 Å². The molecule has 2 aromatic carbocycles. The molecule has 0 bridgehead atoms. The van der Waals surface area contributed by atoms with E-state index in [0.717, 1.165) is 22.2 Å². The maximum absolute atomic E-state index is 9.34. The minimum Gasteiger partial charge on any atom is -0.492 e. The molecule has 0 amide bonds. The molecule has 22 heavy (non-hydrogen) atoms. The number of benzene rings is 2. The van der Waals surface area contributed by atoms with Crippen LogP contribution in [0.4, 0.5) is 0 Å². The molecule has 0 aliphatic rings. The summed E-state index contributed by atoms with van der Waals surface area (Å²) < 4.78 is 6.63. The minimum absolute atomic E-state index is 0.257. The van der Waals surface area contributed by atoms with Gasteiger partial charge in [0.15, 0.2) is 0 Å². The highest BCUT2D eigenvalue weighted by Gasteiger charge is 2.14.